The SMILES string of the molecule is CC(=O)N1C(=O)CCC1F. The van der Waals surface area contributed by atoms with E-state index in [0.29, 0.717) is 4.90 Å². The summed E-state index contributed by atoms with van der Waals surface area (Å²) in [5.41, 5.74) is 0. The normalized spacial score (nSPS) is 25.6. The zero-order valence-corrected chi connectivity index (χ0v) is 5.63. The van der Waals surface area contributed by atoms with Crippen LogP contribution in [0.5, 0.6) is 0 Å². The van der Waals surface area contributed by atoms with Crippen LogP contribution in [0.25, 0.3) is 0 Å². The van der Waals surface area contributed by atoms with Gasteiger partial charge < -0.3 is 0 Å². The van der Waals surface area contributed by atoms with Gasteiger partial charge in [-0.15, -0.1) is 0 Å². The molecule has 0 aromatic rings. The van der Waals surface area contributed by atoms with Gasteiger partial charge in [0.2, 0.25) is 11.8 Å². The highest BCUT2D eigenvalue weighted by Crippen LogP contribution is 2.18. The molecule has 0 aromatic carbocycles. The summed E-state index contributed by atoms with van der Waals surface area (Å²) in [7, 11) is 0. The lowest BCUT2D eigenvalue weighted by molar-refractivity contribution is -0.145. The lowest BCUT2D eigenvalue weighted by atomic mass is 10.4. The molecule has 0 bridgehead atoms. The van der Waals surface area contributed by atoms with Crippen molar-refractivity contribution in [3.8, 4) is 0 Å². The molecule has 56 valence electrons. The number of likely N-dealkylation sites (tertiary alicyclic amines) is 1. The van der Waals surface area contributed by atoms with Crippen molar-refractivity contribution in [2.24, 2.45) is 0 Å². The molecule has 1 saturated heterocycles. The third kappa shape index (κ3) is 1.01. The van der Waals surface area contributed by atoms with Gasteiger partial charge in [0, 0.05) is 19.8 Å². The maximum absolute atomic E-state index is 12.6. The van der Waals surface area contributed by atoms with Gasteiger partial charge in [-0.3, -0.25) is 14.5 Å². The van der Waals surface area contributed by atoms with Gasteiger partial charge in [-0.2, -0.15) is 0 Å². The summed E-state index contributed by atoms with van der Waals surface area (Å²) < 4.78 is 12.6. The van der Waals surface area contributed by atoms with E-state index in [1.165, 1.54) is 6.92 Å². The lowest BCUT2D eigenvalue weighted by Crippen LogP contribution is -2.34. The first-order valence-electron chi connectivity index (χ1n) is 3.09. The predicted molar refractivity (Wildman–Crippen MR) is 31.7 cm³/mol. The Morgan fingerprint density at radius 3 is 2.60 bits per heavy atom. The zero-order chi connectivity index (χ0) is 7.72. The van der Waals surface area contributed by atoms with E-state index in [1.807, 2.05) is 0 Å². The Bertz CT molecular complexity index is 181. The van der Waals surface area contributed by atoms with Crippen molar-refractivity contribution >= 4 is 11.8 Å². The molecule has 1 rings (SSSR count). The number of nitrogens with zero attached hydrogens (tertiary/aromatic N) is 1. The molecule has 1 atom stereocenters. The molecular weight excluding hydrogens is 137 g/mol. The Labute approximate surface area is 57.8 Å². The first-order chi connectivity index (χ1) is 4.63. The monoisotopic (exact) mass is 145 g/mol. The molecule has 0 spiro atoms. The first kappa shape index (κ1) is 7.18. The van der Waals surface area contributed by atoms with E-state index in [-0.39, 0.29) is 12.8 Å². The number of carbonyl (C=O) groups excluding carboxylic acids is 2. The highest BCUT2D eigenvalue weighted by molar-refractivity contribution is 5.95. The van der Waals surface area contributed by atoms with Gasteiger partial charge in [-0.25, -0.2) is 4.39 Å². The van der Waals surface area contributed by atoms with Crippen molar-refractivity contribution in [1.82, 2.24) is 4.90 Å². The van der Waals surface area contributed by atoms with Crippen molar-refractivity contribution < 1.29 is 14.0 Å². The van der Waals surface area contributed by atoms with E-state index in [0.717, 1.165) is 0 Å². The highest BCUT2D eigenvalue weighted by Gasteiger charge is 2.33. The fraction of sp³-hybridized carbons (Fsp3) is 0.667. The molecule has 10 heavy (non-hydrogen) atoms. The average Bonchev–Trinajstić information content (AvgIpc) is 2.11. The molecular formula is C6H8FNO2. The van der Waals surface area contributed by atoms with E-state index >= 15 is 0 Å². The number of halogens is 1. The molecule has 4 heteroatoms. The van der Waals surface area contributed by atoms with Crippen LogP contribution in [0.15, 0.2) is 0 Å². The van der Waals surface area contributed by atoms with Crippen LogP contribution in [0, 0.1) is 0 Å². The van der Waals surface area contributed by atoms with Crippen LogP contribution in [0.1, 0.15) is 19.8 Å². The quantitative estimate of drug-likeness (QED) is 0.464. The molecule has 1 aliphatic heterocycles. The summed E-state index contributed by atoms with van der Waals surface area (Å²) in [5, 5.41) is 0. The largest absolute Gasteiger partial charge is 0.275 e. The van der Waals surface area contributed by atoms with E-state index in [4.69, 9.17) is 0 Å². The van der Waals surface area contributed by atoms with Crippen LogP contribution in [-0.4, -0.2) is 23.0 Å². The minimum atomic E-state index is -1.38. The van der Waals surface area contributed by atoms with E-state index in [2.05, 4.69) is 0 Å². The maximum Gasteiger partial charge on any atom is 0.231 e. The van der Waals surface area contributed by atoms with Crippen LogP contribution >= 0.6 is 0 Å². The van der Waals surface area contributed by atoms with Crippen molar-refractivity contribution in [1.29, 1.82) is 0 Å². The molecule has 0 saturated carbocycles. The summed E-state index contributed by atoms with van der Waals surface area (Å²) >= 11 is 0. The van der Waals surface area contributed by atoms with Crippen molar-refractivity contribution in [3.63, 3.8) is 0 Å². The first-order valence-corrected chi connectivity index (χ1v) is 3.09. The summed E-state index contributed by atoms with van der Waals surface area (Å²) in [6, 6.07) is 0. The van der Waals surface area contributed by atoms with Crippen LogP contribution in [0.2, 0.25) is 0 Å². The second-order valence-electron chi connectivity index (χ2n) is 2.26. The Morgan fingerprint density at radius 1 is 1.80 bits per heavy atom. The molecule has 0 aliphatic carbocycles. The smallest absolute Gasteiger partial charge is 0.231 e. The molecule has 3 nitrogen and oxygen atoms in total. The Balaban J connectivity index is 2.72. The summed E-state index contributed by atoms with van der Waals surface area (Å²) in [4.78, 5) is 21.9. The standard InChI is InChI=1S/C6H8FNO2/c1-4(9)8-5(7)2-3-6(8)10/h5H,2-3H2,1H3. The van der Waals surface area contributed by atoms with Gasteiger partial charge in [0.15, 0.2) is 6.30 Å². The number of imide groups is 1. The summed E-state index contributed by atoms with van der Waals surface area (Å²) in [5.74, 6) is -0.907. The van der Waals surface area contributed by atoms with Crippen LogP contribution in [0.4, 0.5) is 4.39 Å². The summed E-state index contributed by atoms with van der Waals surface area (Å²) in [6.45, 7) is 1.19. The zero-order valence-electron chi connectivity index (χ0n) is 5.63. The van der Waals surface area contributed by atoms with E-state index in [1.54, 1.807) is 0 Å². The van der Waals surface area contributed by atoms with E-state index < -0.39 is 18.1 Å². The van der Waals surface area contributed by atoms with Crippen molar-refractivity contribution in [2.45, 2.75) is 26.1 Å². The fourth-order valence-corrected chi connectivity index (χ4v) is 1.02. The van der Waals surface area contributed by atoms with Crippen LogP contribution in [0.3, 0.4) is 0 Å². The fourth-order valence-electron chi connectivity index (χ4n) is 1.02. The topological polar surface area (TPSA) is 37.4 Å². The molecule has 2 amide bonds. The van der Waals surface area contributed by atoms with Gasteiger partial charge in [0.1, 0.15) is 0 Å². The van der Waals surface area contributed by atoms with Crippen LogP contribution < -0.4 is 0 Å². The third-order valence-corrected chi connectivity index (χ3v) is 1.48. The third-order valence-electron chi connectivity index (χ3n) is 1.48. The highest BCUT2D eigenvalue weighted by atomic mass is 19.1. The van der Waals surface area contributed by atoms with E-state index in [9.17, 15) is 14.0 Å². The van der Waals surface area contributed by atoms with Gasteiger partial charge in [-0.05, 0) is 0 Å². The number of alkyl halides is 1. The van der Waals surface area contributed by atoms with Gasteiger partial charge in [0.25, 0.3) is 0 Å². The number of carbonyl (C=O) groups is 2. The number of amides is 2. The summed E-state index contributed by atoms with van der Waals surface area (Å²) in [6.07, 6.45) is -1.08. The molecule has 0 aromatic heterocycles. The van der Waals surface area contributed by atoms with Crippen LogP contribution in [-0.2, 0) is 9.59 Å². The van der Waals surface area contributed by atoms with Crippen molar-refractivity contribution in [2.75, 3.05) is 0 Å². The number of hydrogen-bond donors (Lipinski definition) is 0. The average molecular weight is 145 g/mol. The molecule has 1 heterocycles. The predicted octanol–water partition coefficient (Wildman–Crippen LogP) is 0.451. The molecule has 1 unspecified atom stereocenters. The Morgan fingerprint density at radius 2 is 2.40 bits per heavy atom. The second kappa shape index (κ2) is 2.36. The Kier molecular flexibility index (Phi) is 1.70. The maximum atomic E-state index is 12.6. The lowest BCUT2D eigenvalue weighted by Gasteiger charge is -2.12. The van der Waals surface area contributed by atoms with Gasteiger partial charge in [-0.1, -0.05) is 0 Å². The van der Waals surface area contributed by atoms with Gasteiger partial charge in [0.05, 0.1) is 0 Å². The number of hydrogen-bond acceptors (Lipinski definition) is 2. The van der Waals surface area contributed by atoms with Gasteiger partial charge >= 0.3 is 0 Å². The molecule has 1 aliphatic rings. The molecule has 1 fully saturated rings. The second-order valence-corrected chi connectivity index (χ2v) is 2.26. The molecule has 0 N–H and O–H groups in total. The Hall–Kier alpha value is -0.930. The number of rotatable bonds is 0. The van der Waals surface area contributed by atoms with Crippen molar-refractivity contribution in [3.05, 3.63) is 0 Å². The molecule has 0 radical (unpaired) electrons. The minimum Gasteiger partial charge on any atom is -0.275 e. The minimum absolute atomic E-state index is 0.151.